The number of rotatable bonds is 9. The third-order valence-electron chi connectivity index (χ3n) is 5.99. The zero-order valence-electron chi connectivity index (χ0n) is 22.9. The van der Waals surface area contributed by atoms with Crippen LogP contribution in [0.25, 0.3) is 0 Å². The summed E-state index contributed by atoms with van der Waals surface area (Å²) in [7, 11) is -4.21. The van der Waals surface area contributed by atoms with Crippen molar-refractivity contribution < 1.29 is 18.0 Å². The van der Waals surface area contributed by atoms with Crippen LogP contribution in [-0.4, -0.2) is 43.3 Å². The van der Waals surface area contributed by atoms with Crippen molar-refractivity contribution in [3.05, 3.63) is 92.4 Å². The molecule has 3 rings (SSSR count). The Morgan fingerprint density at radius 2 is 1.62 bits per heavy atom. The Kier molecular flexibility index (Phi) is 10.3. The smallest absolute Gasteiger partial charge is 0.264 e. The van der Waals surface area contributed by atoms with Gasteiger partial charge in [0, 0.05) is 16.6 Å². The average Bonchev–Trinajstić information content (AvgIpc) is 2.86. The lowest BCUT2D eigenvalue weighted by Gasteiger charge is -2.33. The van der Waals surface area contributed by atoms with Crippen molar-refractivity contribution >= 4 is 66.7 Å². The maximum absolute atomic E-state index is 14.0. The second-order valence-corrected chi connectivity index (χ2v) is 14.1. The van der Waals surface area contributed by atoms with Crippen LogP contribution in [0.4, 0.5) is 5.69 Å². The summed E-state index contributed by atoms with van der Waals surface area (Å²) in [5, 5.41) is 3.29. The van der Waals surface area contributed by atoms with Gasteiger partial charge >= 0.3 is 0 Å². The molecule has 0 saturated heterocycles. The molecular formula is C29H32BrCl2N3O4S. The van der Waals surface area contributed by atoms with E-state index in [1.54, 1.807) is 19.1 Å². The summed E-state index contributed by atoms with van der Waals surface area (Å²) in [5.74, 6) is -0.934. The minimum absolute atomic E-state index is 0.00837. The number of sulfonamides is 1. The molecule has 0 bridgehead atoms. The molecule has 0 aliphatic heterocycles. The van der Waals surface area contributed by atoms with Crippen LogP contribution in [0, 0.1) is 6.92 Å². The predicted molar refractivity (Wildman–Crippen MR) is 164 cm³/mol. The Bertz CT molecular complexity index is 1490. The minimum atomic E-state index is -4.21. The summed E-state index contributed by atoms with van der Waals surface area (Å²) in [4.78, 5) is 28.5. The normalized spacial score (nSPS) is 12.5. The fraction of sp³-hybridized carbons (Fsp3) is 0.310. The van der Waals surface area contributed by atoms with Crippen LogP contribution in [0.2, 0.25) is 10.0 Å². The Hall–Kier alpha value is -2.59. The van der Waals surface area contributed by atoms with Crippen molar-refractivity contribution in [2.24, 2.45) is 0 Å². The lowest BCUT2D eigenvalue weighted by atomic mass is 10.1. The largest absolute Gasteiger partial charge is 0.350 e. The predicted octanol–water partition coefficient (Wildman–Crippen LogP) is 6.59. The Balaban J connectivity index is 2.07. The van der Waals surface area contributed by atoms with Crippen LogP contribution >= 0.6 is 39.1 Å². The molecule has 0 heterocycles. The number of hydrogen-bond donors (Lipinski definition) is 1. The average molecular weight is 669 g/mol. The standard InChI is InChI=1S/C29H32BrCl2N3O4S/c1-19-9-12-24(13-10-19)40(38,39)35(23-11-14-25(31)26(32)16-23)18-27(36)34(17-21-7-6-8-22(30)15-21)20(2)28(37)33-29(3,4)5/h6-16,20H,17-18H2,1-5H3,(H,33,37)/t20-/m0/s1. The van der Waals surface area contributed by atoms with E-state index in [9.17, 15) is 18.0 Å². The van der Waals surface area contributed by atoms with Gasteiger partial charge in [0.1, 0.15) is 12.6 Å². The van der Waals surface area contributed by atoms with Crippen LogP contribution in [0.5, 0.6) is 0 Å². The van der Waals surface area contributed by atoms with E-state index in [0.29, 0.717) is 0 Å². The zero-order valence-corrected chi connectivity index (χ0v) is 26.8. The highest BCUT2D eigenvalue weighted by Crippen LogP contribution is 2.31. The highest BCUT2D eigenvalue weighted by molar-refractivity contribution is 9.10. The van der Waals surface area contributed by atoms with Gasteiger partial charge in [0.15, 0.2) is 0 Å². The van der Waals surface area contributed by atoms with Crippen LogP contribution in [0.15, 0.2) is 76.1 Å². The molecule has 1 N–H and O–H groups in total. The fourth-order valence-electron chi connectivity index (χ4n) is 3.90. The molecule has 2 amide bonds. The number of carbonyl (C=O) groups excluding carboxylic acids is 2. The molecule has 1 atom stereocenters. The van der Waals surface area contributed by atoms with E-state index in [2.05, 4.69) is 21.2 Å². The summed E-state index contributed by atoms with van der Waals surface area (Å²) in [6, 6.07) is 17.1. The van der Waals surface area contributed by atoms with E-state index in [1.165, 1.54) is 35.2 Å². The first-order valence-electron chi connectivity index (χ1n) is 12.5. The quantitative estimate of drug-likeness (QED) is 0.279. The SMILES string of the molecule is Cc1ccc(S(=O)(=O)N(CC(=O)N(Cc2cccc(Br)c2)[C@@H](C)C(=O)NC(C)(C)C)c2ccc(Cl)c(Cl)c2)cc1. The Morgan fingerprint density at radius 1 is 0.975 bits per heavy atom. The van der Waals surface area contributed by atoms with E-state index in [4.69, 9.17) is 23.2 Å². The van der Waals surface area contributed by atoms with Crippen LogP contribution in [0.1, 0.15) is 38.8 Å². The number of halogens is 3. The van der Waals surface area contributed by atoms with Gasteiger partial charge in [-0.05, 0) is 82.6 Å². The van der Waals surface area contributed by atoms with Crippen LogP contribution < -0.4 is 9.62 Å². The van der Waals surface area contributed by atoms with Gasteiger partial charge in [-0.3, -0.25) is 13.9 Å². The molecule has 0 fully saturated rings. The molecule has 214 valence electrons. The second kappa shape index (κ2) is 12.9. The van der Waals surface area contributed by atoms with Gasteiger partial charge < -0.3 is 10.2 Å². The molecule has 11 heteroatoms. The van der Waals surface area contributed by atoms with Crippen molar-refractivity contribution in [1.82, 2.24) is 10.2 Å². The van der Waals surface area contributed by atoms with Gasteiger partial charge in [-0.2, -0.15) is 0 Å². The van der Waals surface area contributed by atoms with Gasteiger partial charge in [0.05, 0.1) is 20.6 Å². The first-order chi connectivity index (χ1) is 18.6. The number of anilines is 1. The van der Waals surface area contributed by atoms with E-state index >= 15 is 0 Å². The number of carbonyl (C=O) groups is 2. The molecule has 0 aromatic heterocycles. The molecule has 40 heavy (non-hydrogen) atoms. The third kappa shape index (κ3) is 8.22. The third-order valence-corrected chi connectivity index (χ3v) is 9.01. The topological polar surface area (TPSA) is 86.8 Å². The highest BCUT2D eigenvalue weighted by Gasteiger charge is 2.33. The highest BCUT2D eigenvalue weighted by atomic mass is 79.9. The number of hydrogen-bond acceptors (Lipinski definition) is 4. The number of amides is 2. The monoisotopic (exact) mass is 667 g/mol. The lowest BCUT2D eigenvalue weighted by molar-refractivity contribution is -0.140. The van der Waals surface area contributed by atoms with Crippen molar-refractivity contribution in [2.75, 3.05) is 10.8 Å². The first-order valence-corrected chi connectivity index (χ1v) is 15.5. The summed E-state index contributed by atoms with van der Waals surface area (Å²) in [6.45, 7) is 8.51. The summed E-state index contributed by atoms with van der Waals surface area (Å²) in [5.41, 5.74) is 1.28. The number of nitrogens with zero attached hydrogens (tertiary/aromatic N) is 2. The first kappa shape index (κ1) is 31.9. The van der Waals surface area contributed by atoms with Gasteiger partial charge in [-0.25, -0.2) is 8.42 Å². The van der Waals surface area contributed by atoms with Crippen molar-refractivity contribution in [2.45, 2.75) is 57.6 Å². The van der Waals surface area contributed by atoms with E-state index in [-0.39, 0.29) is 33.1 Å². The van der Waals surface area contributed by atoms with Crippen molar-refractivity contribution in [3.8, 4) is 0 Å². The van der Waals surface area contributed by atoms with Crippen molar-refractivity contribution in [1.29, 1.82) is 0 Å². The molecule has 0 spiro atoms. The second-order valence-electron chi connectivity index (χ2n) is 10.5. The molecule has 0 saturated carbocycles. The maximum atomic E-state index is 14.0. The summed E-state index contributed by atoms with van der Waals surface area (Å²) >= 11 is 15.8. The minimum Gasteiger partial charge on any atom is -0.350 e. The van der Waals surface area contributed by atoms with E-state index in [1.807, 2.05) is 52.0 Å². The van der Waals surface area contributed by atoms with Crippen LogP contribution in [0.3, 0.4) is 0 Å². The molecule has 3 aromatic rings. The molecule has 0 radical (unpaired) electrons. The van der Waals surface area contributed by atoms with Crippen molar-refractivity contribution in [3.63, 3.8) is 0 Å². The van der Waals surface area contributed by atoms with Gasteiger partial charge in [0.25, 0.3) is 10.0 Å². The molecule has 7 nitrogen and oxygen atoms in total. The number of benzene rings is 3. The van der Waals surface area contributed by atoms with Gasteiger partial charge in [0.2, 0.25) is 11.8 Å². The zero-order chi connectivity index (χ0) is 29.8. The Labute approximate surface area is 254 Å². The summed E-state index contributed by atoms with van der Waals surface area (Å²) in [6.07, 6.45) is 0. The molecule has 0 unspecified atom stereocenters. The summed E-state index contributed by atoms with van der Waals surface area (Å²) < 4.78 is 29.6. The van der Waals surface area contributed by atoms with Gasteiger partial charge in [-0.15, -0.1) is 0 Å². The van der Waals surface area contributed by atoms with Crippen LogP contribution in [-0.2, 0) is 26.2 Å². The molecule has 3 aromatic carbocycles. The fourth-order valence-corrected chi connectivity index (χ4v) is 6.04. The molecule has 0 aliphatic rings. The molecule has 0 aliphatic carbocycles. The maximum Gasteiger partial charge on any atom is 0.264 e. The number of aryl methyl sites for hydroxylation is 1. The van der Waals surface area contributed by atoms with E-state index < -0.39 is 34.1 Å². The van der Waals surface area contributed by atoms with E-state index in [0.717, 1.165) is 19.9 Å². The number of nitrogens with one attached hydrogen (secondary N) is 1. The Morgan fingerprint density at radius 3 is 2.20 bits per heavy atom. The lowest BCUT2D eigenvalue weighted by Crippen LogP contribution is -2.54. The molecular weight excluding hydrogens is 637 g/mol. The van der Waals surface area contributed by atoms with Gasteiger partial charge in [-0.1, -0.05) is 69.0 Å².